The van der Waals surface area contributed by atoms with Crippen LogP contribution in [0, 0.1) is 11.6 Å². The van der Waals surface area contributed by atoms with Gasteiger partial charge in [0, 0.05) is 12.0 Å². The van der Waals surface area contributed by atoms with E-state index in [-0.39, 0.29) is 6.42 Å². The topological polar surface area (TPSA) is 75.6 Å². The van der Waals surface area contributed by atoms with Crippen LogP contribution in [0.25, 0.3) is 0 Å². The Morgan fingerprint density at radius 2 is 1.55 bits per heavy atom. The van der Waals surface area contributed by atoms with Crippen LogP contribution in [0.1, 0.15) is 16.7 Å². The number of carbonyl (C=O) groups is 2. The summed E-state index contributed by atoms with van der Waals surface area (Å²) in [6.45, 7) is 0.359. The first-order valence-corrected chi connectivity index (χ1v) is 9.63. The van der Waals surface area contributed by atoms with Crippen LogP contribution in [-0.2, 0) is 29.0 Å². The average Bonchev–Trinajstić information content (AvgIpc) is 2.75. The van der Waals surface area contributed by atoms with Gasteiger partial charge >= 0.3 is 5.97 Å². The molecule has 0 fully saturated rings. The number of halogens is 2. The summed E-state index contributed by atoms with van der Waals surface area (Å²) in [5, 5.41) is 11.8. The van der Waals surface area contributed by atoms with Crippen LogP contribution in [0.2, 0.25) is 0 Å². The third-order valence-electron chi connectivity index (χ3n) is 4.62. The fourth-order valence-electron chi connectivity index (χ4n) is 3.05. The molecule has 0 aliphatic heterocycles. The number of carboxylic acid groups (broad SMARTS) is 1. The van der Waals surface area contributed by atoms with E-state index in [1.54, 1.807) is 24.3 Å². The Kier molecular flexibility index (Phi) is 7.32. The summed E-state index contributed by atoms with van der Waals surface area (Å²) >= 11 is 0. The molecule has 3 aromatic carbocycles. The van der Waals surface area contributed by atoms with E-state index in [2.05, 4.69) is 5.32 Å². The Morgan fingerprint density at radius 1 is 0.903 bits per heavy atom. The molecule has 0 aliphatic rings. The summed E-state index contributed by atoms with van der Waals surface area (Å²) in [5.74, 6) is -3.19. The van der Waals surface area contributed by atoms with Crippen molar-refractivity contribution < 1.29 is 28.2 Å². The molecule has 0 unspecified atom stereocenters. The number of hydrogen-bond donors (Lipinski definition) is 2. The molecule has 5 nitrogen and oxygen atoms in total. The summed E-state index contributed by atoms with van der Waals surface area (Å²) in [6.07, 6.45) is -0.605. The monoisotopic (exact) mass is 425 g/mol. The summed E-state index contributed by atoms with van der Waals surface area (Å²) in [5.41, 5.74) is 1.22. The zero-order chi connectivity index (χ0) is 22.2. The van der Waals surface area contributed by atoms with E-state index in [0.29, 0.717) is 17.9 Å². The molecule has 0 heterocycles. The number of benzene rings is 3. The molecule has 0 aromatic heterocycles. The van der Waals surface area contributed by atoms with Gasteiger partial charge in [-0.1, -0.05) is 48.5 Å². The highest BCUT2D eigenvalue weighted by Crippen LogP contribution is 2.17. The van der Waals surface area contributed by atoms with Crippen molar-refractivity contribution in [2.45, 2.75) is 25.5 Å². The molecular formula is C24H21F2NO4. The zero-order valence-electron chi connectivity index (χ0n) is 16.6. The first-order valence-electron chi connectivity index (χ1n) is 9.63. The van der Waals surface area contributed by atoms with Gasteiger partial charge in [-0.05, 0) is 35.4 Å². The summed E-state index contributed by atoms with van der Waals surface area (Å²) in [7, 11) is 0. The molecule has 3 aromatic rings. The largest absolute Gasteiger partial charge is 0.489 e. The number of amides is 1. The molecule has 160 valence electrons. The highest BCUT2D eigenvalue weighted by atomic mass is 19.1. The van der Waals surface area contributed by atoms with Crippen LogP contribution in [-0.4, -0.2) is 23.0 Å². The Hall–Kier alpha value is -3.74. The zero-order valence-corrected chi connectivity index (χ0v) is 16.6. The lowest BCUT2D eigenvalue weighted by atomic mass is 10.0. The van der Waals surface area contributed by atoms with Crippen molar-refractivity contribution in [3.05, 3.63) is 101 Å². The lowest BCUT2D eigenvalue weighted by Gasteiger charge is -2.16. The van der Waals surface area contributed by atoms with Crippen molar-refractivity contribution in [1.82, 2.24) is 5.32 Å². The van der Waals surface area contributed by atoms with Gasteiger partial charge < -0.3 is 15.2 Å². The van der Waals surface area contributed by atoms with Crippen LogP contribution in [0.15, 0.2) is 72.8 Å². The van der Waals surface area contributed by atoms with Crippen molar-refractivity contribution >= 4 is 11.9 Å². The number of ether oxygens (including phenoxy) is 1. The Balaban J connectivity index is 1.63. The van der Waals surface area contributed by atoms with Crippen LogP contribution >= 0.6 is 0 Å². The van der Waals surface area contributed by atoms with E-state index >= 15 is 0 Å². The lowest BCUT2D eigenvalue weighted by molar-refractivity contribution is -0.141. The third-order valence-corrected chi connectivity index (χ3v) is 4.62. The first-order chi connectivity index (χ1) is 14.9. The minimum absolute atomic E-state index is 0.0106. The number of nitrogens with one attached hydrogen (secondary N) is 1. The minimum atomic E-state index is -1.26. The predicted molar refractivity (Wildman–Crippen MR) is 111 cm³/mol. The number of rotatable bonds is 9. The molecule has 2 N–H and O–H groups in total. The van der Waals surface area contributed by atoms with Gasteiger partial charge in [-0.2, -0.15) is 0 Å². The fourth-order valence-corrected chi connectivity index (χ4v) is 3.05. The van der Waals surface area contributed by atoms with Gasteiger partial charge in [-0.15, -0.1) is 0 Å². The van der Waals surface area contributed by atoms with Gasteiger partial charge in [-0.3, -0.25) is 4.79 Å². The highest BCUT2D eigenvalue weighted by molar-refractivity contribution is 5.85. The fraction of sp³-hybridized carbons (Fsp3) is 0.167. The van der Waals surface area contributed by atoms with Crippen molar-refractivity contribution in [2.75, 3.05) is 0 Å². The van der Waals surface area contributed by atoms with Gasteiger partial charge in [0.05, 0.1) is 6.42 Å². The summed E-state index contributed by atoms with van der Waals surface area (Å²) in [4.78, 5) is 23.8. The van der Waals surface area contributed by atoms with Gasteiger partial charge in [0.2, 0.25) is 5.91 Å². The standard InChI is InChI=1S/C24H21F2NO4/c25-20-10-5-11-21(26)19(20)14-23(28)27-22(24(29)30)13-17-8-4-9-18(12-17)31-15-16-6-2-1-3-7-16/h1-12,22H,13-15H2,(H,27,28)(H,29,30)/t22-/m1/s1. The van der Waals surface area contributed by atoms with Crippen LogP contribution < -0.4 is 10.1 Å². The van der Waals surface area contributed by atoms with E-state index in [0.717, 1.165) is 17.7 Å². The maximum atomic E-state index is 13.7. The first kappa shape index (κ1) is 22.0. The average molecular weight is 425 g/mol. The predicted octanol–water partition coefficient (Wildman–Crippen LogP) is 3.90. The molecule has 0 spiro atoms. The molecule has 7 heteroatoms. The molecule has 31 heavy (non-hydrogen) atoms. The Bertz CT molecular complexity index is 1040. The van der Waals surface area contributed by atoms with E-state index in [4.69, 9.17) is 4.74 Å². The van der Waals surface area contributed by atoms with E-state index in [9.17, 15) is 23.5 Å². The van der Waals surface area contributed by atoms with Crippen LogP contribution in [0.5, 0.6) is 5.75 Å². The Labute approximate surface area is 178 Å². The maximum Gasteiger partial charge on any atom is 0.326 e. The minimum Gasteiger partial charge on any atom is -0.489 e. The molecule has 0 bridgehead atoms. The molecule has 1 atom stereocenters. The number of aliphatic carboxylic acids is 1. The maximum absolute atomic E-state index is 13.7. The van der Waals surface area contributed by atoms with Gasteiger partial charge in [0.15, 0.2) is 0 Å². The molecule has 0 saturated carbocycles. The van der Waals surface area contributed by atoms with Crippen molar-refractivity contribution in [2.24, 2.45) is 0 Å². The second kappa shape index (κ2) is 10.3. The lowest BCUT2D eigenvalue weighted by Crippen LogP contribution is -2.43. The van der Waals surface area contributed by atoms with Gasteiger partial charge in [0.1, 0.15) is 30.0 Å². The molecule has 0 aliphatic carbocycles. The Morgan fingerprint density at radius 3 is 2.23 bits per heavy atom. The van der Waals surface area contributed by atoms with Crippen molar-refractivity contribution in [1.29, 1.82) is 0 Å². The quantitative estimate of drug-likeness (QED) is 0.545. The smallest absolute Gasteiger partial charge is 0.326 e. The normalized spacial score (nSPS) is 11.5. The molecule has 0 radical (unpaired) electrons. The number of carboxylic acids is 1. The van der Waals surface area contributed by atoms with E-state index in [1.807, 2.05) is 30.3 Å². The van der Waals surface area contributed by atoms with Crippen LogP contribution in [0.3, 0.4) is 0 Å². The number of carbonyl (C=O) groups excluding carboxylic acids is 1. The third kappa shape index (κ3) is 6.37. The molecule has 1 amide bonds. The highest BCUT2D eigenvalue weighted by Gasteiger charge is 2.22. The molecule has 0 saturated heterocycles. The van der Waals surface area contributed by atoms with E-state index < -0.39 is 41.5 Å². The van der Waals surface area contributed by atoms with Gasteiger partial charge in [0.25, 0.3) is 0 Å². The van der Waals surface area contributed by atoms with Gasteiger partial charge in [-0.25, -0.2) is 13.6 Å². The molecular weight excluding hydrogens is 404 g/mol. The second-order valence-electron chi connectivity index (χ2n) is 6.96. The van der Waals surface area contributed by atoms with Crippen molar-refractivity contribution in [3.63, 3.8) is 0 Å². The SMILES string of the molecule is O=C(Cc1c(F)cccc1F)N[C@H](Cc1cccc(OCc2ccccc2)c1)C(=O)O. The van der Waals surface area contributed by atoms with Crippen molar-refractivity contribution in [3.8, 4) is 5.75 Å². The number of hydrogen-bond acceptors (Lipinski definition) is 3. The molecule has 3 rings (SSSR count). The summed E-state index contributed by atoms with van der Waals surface area (Å²) < 4.78 is 33.2. The second-order valence-corrected chi connectivity index (χ2v) is 6.96. The van der Waals surface area contributed by atoms with E-state index in [1.165, 1.54) is 6.07 Å². The summed E-state index contributed by atoms with van der Waals surface area (Å²) in [6, 6.07) is 18.5. The van der Waals surface area contributed by atoms with Crippen LogP contribution in [0.4, 0.5) is 8.78 Å².